The first-order valence-electron chi connectivity index (χ1n) is 9.00. The summed E-state index contributed by atoms with van der Waals surface area (Å²) >= 11 is 0. The SMILES string of the molecule is Cl.NC[C@H]1CC[C@@H](C(=O)NC2CCCN(c3ccc(OC(F)F)cc3)C2=O)O1. The molecule has 1 unspecified atom stereocenters. The lowest BCUT2D eigenvalue weighted by molar-refractivity contribution is -0.135. The van der Waals surface area contributed by atoms with Gasteiger partial charge in [-0.15, -0.1) is 12.4 Å². The Labute approximate surface area is 167 Å². The molecule has 0 saturated carbocycles. The number of hydrogen-bond donors (Lipinski definition) is 2. The Morgan fingerprint density at radius 3 is 2.61 bits per heavy atom. The number of nitrogens with one attached hydrogen (secondary N) is 1. The molecular weight excluding hydrogens is 396 g/mol. The molecule has 2 saturated heterocycles. The monoisotopic (exact) mass is 419 g/mol. The number of ether oxygens (including phenoxy) is 2. The Hall–Kier alpha value is -1.97. The minimum atomic E-state index is -2.90. The van der Waals surface area contributed by atoms with Crippen molar-refractivity contribution in [1.29, 1.82) is 0 Å². The van der Waals surface area contributed by atoms with E-state index in [0.29, 0.717) is 38.0 Å². The number of alkyl halides is 2. The van der Waals surface area contributed by atoms with E-state index in [4.69, 9.17) is 10.5 Å². The predicted molar refractivity (Wildman–Crippen MR) is 101 cm³/mol. The fourth-order valence-electron chi connectivity index (χ4n) is 3.41. The number of halogens is 3. The number of nitrogens with zero attached hydrogens (tertiary/aromatic N) is 1. The third-order valence-corrected chi connectivity index (χ3v) is 4.79. The van der Waals surface area contributed by atoms with Crippen molar-refractivity contribution in [3.05, 3.63) is 24.3 Å². The molecule has 0 bridgehead atoms. The number of anilines is 1. The number of nitrogens with two attached hydrogens (primary N) is 1. The van der Waals surface area contributed by atoms with E-state index in [1.54, 1.807) is 17.0 Å². The largest absolute Gasteiger partial charge is 0.435 e. The summed E-state index contributed by atoms with van der Waals surface area (Å²) in [5, 5.41) is 2.77. The number of piperidine rings is 1. The van der Waals surface area contributed by atoms with Crippen LogP contribution in [0.4, 0.5) is 14.5 Å². The number of rotatable bonds is 6. The Balaban J connectivity index is 0.00000280. The van der Waals surface area contributed by atoms with Gasteiger partial charge in [0.25, 0.3) is 0 Å². The molecule has 1 aromatic carbocycles. The average molecular weight is 420 g/mol. The molecule has 10 heteroatoms. The van der Waals surface area contributed by atoms with Crippen molar-refractivity contribution in [3.63, 3.8) is 0 Å². The van der Waals surface area contributed by atoms with Crippen LogP contribution in [0.1, 0.15) is 25.7 Å². The van der Waals surface area contributed by atoms with Crippen LogP contribution in [0.5, 0.6) is 5.75 Å². The van der Waals surface area contributed by atoms with E-state index in [1.807, 2.05) is 0 Å². The minimum Gasteiger partial charge on any atom is -0.435 e. The van der Waals surface area contributed by atoms with Crippen LogP contribution in [0.3, 0.4) is 0 Å². The molecule has 2 heterocycles. The van der Waals surface area contributed by atoms with Crippen LogP contribution in [0.15, 0.2) is 24.3 Å². The highest BCUT2D eigenvalue weighted by Crippen LogP contribution is 2.25. The summed E-state index contributed by atoms with van der Waals surface area (Å²) < 4.78 is 34.4. The molecule has 28 heavy (non-hydrogen) atoms. The standard InChI is InChI=1S/C18H23F2N3O4.ClH/c19-18(20)27-12-5-3-11(4-6-12)23-9-1-2-14(17(23)25)22-16(24)15-8-7-13(10-21)26-15;/h3-6,13-15,18H,1-2,7-10,21H2,(H,22,24);1H/t13-,14?,15+;/m1./s1. The van der Waals surface area contributed by atoms with Gasteiger partial charge in [-0.05, 0) is 49.9 Å². The first kappa shape index (κ1) is 22.3. The normalized spacial score (nSPS) is 24.8. The van der Waals surface area contributed by atoms with Crippen molar-refractivity contribution in [2.24, 2.45) is 5.73 Å². The maximum atomic E-state index is 12.8. The lowest BCUT2D eigenvalue weighted by atomic mass is 10.0. The topological polar surface area (TPSA) is 93.9 Å². The number of carbonyl (C=O) groups is 2. The Kier molecular flexibility index (Phi) is 7.97. The van der Waals surface area contributed by atoms with Crippen molar-refractivity contribution in [3.8, 4) is 5.75 Å². The van der Waals surface area contributed by atoms with E-state index >= 15 is 0 Å². The highest BCUT2D eigenvalue weighted by Gasteiger charge is 2.35. The van der Waals surface area contributed by atoms with Crippen molar-refractivity contribution < 1.29 is 27.8 Å². The molecule has 2 aliphatic heterocycles. The van der Waals surface area contributed by atoms with E-state index in [0.717, 1.165) is 6.42 Å². The van der Waals surface area contributed by atoms with E-state index in [-0.39, 0.29) is 36.1 Å². The van der Waals surface area contributed by atoms with Crippen molar-refractivity contribution in [2.45, 2.75) is 50.5 Å². The molecular formula is C18H24ClF2N3O4. The Morgan fingerprint density at radius 2 is 2.00 bits per heavy atom. The van der Waals surface area contributed by atoms with Gasteiger partial charge in [-0.25, -0.2) is 0 Å². The summed E-state index contributed by atoms with van der Waals surface area (Å²) in [6, 6.07) is 5.23. The second kappa shape index (κ2) is 9.99. The third-order valence-electron chi connectivity index (χ3n) is 4.79. The van der Waals surface area contributed by atoms with Crippen LogP contribution in [-0.2, 0) is 14.3 Å². The summed E-state index contributed by atoms with van der Waals surface area (Å²) in [5.41, 5.74) is 6.12. The Morgan fingerprint density at radius 1 is 1.29 bits per heavy atom. The smallest absolute Gasteiger partial charge is 0.387 e. The molecule has 3 atom stereocenters. The Bertz CT molecular complexity index is 677. The molecule has 1 aromatic rings. The lowest BCUT2D eigenvalue weighted by Gasteiger charge is -2.33. The molecule has 0 aliphatic carbocycles. The van der Waals surface area contributed by atoms with E-state index in [2.05, 4.69) is 10.1 Å². The fraction of sp³-hybridized carbons (Fsp3) is 0.556. The summed E-state index contributed by atoms with van der Waals surface area (Å²) in [4.78, 5) is 26.7. The molecule has 0 aromatic heterocycles. The molecule has 2 fully saturated rings. The van der Waals surface area contributed by atoms with Crippen LogP contribution < -0.4 is 20.7 Å². The minimum absolute atomic E-state index is 0. The molecule has 3 N–H and O–H groups in total. The van der Waals surface area contributed by atoms with Crippen LogP contribution in [0, 0.1) is 0 Å². The zero-order valence-corrected chi connectivity index (χ0v) is 16.0. The summed E-state index contributed by atoms with van der Waals surface area (Å²) in [7, 11) is 0. The molecule has 0 spiro atoms. The summed E-state index contributed by atoms with van der Waals surface area (Å²) in [6.45, 7) is -2.04. The van der Waals surface area contributed by atoms with Crippen molar-refractivity contribution in [2.75, 3.05) is 18.0 Å². The van der Waals surface area contributed by atoms with Gasteiger partial charge in [0.2, 0.25) is 11.8 Å². The second-order valence-corrected chi connectivity index (χ2v) is 6.63. The van der Waals surface area contributed by atoms with Gasteiger partial charge in [0.05, 0.1) is 6.10 Å². The molecule has 7 nitrogen and oxygen atoms in total. The maximum Gasteiger partial charge on any atom is 0.387 e. The zero-order valence-electron chi connectivity index (χ0n) is 15.2. The van der Waals surface area contributed by atoms with Gasteiger partial charge in [0.1, 0.15) is 17.9 Å². The average Bonchev–Trinajstić information content (AvgIpc) is 3.13. The molecule has 156 valence electrons. The molecule has 2 amide bonds. The van der Waals surface area contributed by atoms with E-state index < -0.39 is 18.8 Å². The zero-order chi connectivity index (χ0) is 19.4. The number of carbonyl (C=O) groups excluding carboxylic acids is 2. The van der Waals surface area contributed by atoms with Crippen LogP contribution >= 0.6 is 12.4 Å². The van der Waals surface area contributed by atoms with Gasteiger partial charge >= 0.3 is 6.61 Å². The van der Waals surface area contributed by atoms with Gasteiger partial charge in [-0.2, -0.15) is 8.78 Å². The number of amides is 2. The molecule has 3 rings (SSSR count). The summed E-state index contributed by atoms with van der Waals surface area (Å²) in [5.74, 6) is -0.506. The maximum absolute atomic E-state index is 12.8. The first-order valence-corrected chi connectivity index (χ1v) is 9.00. The van der Waals surface area contributed by atoms with Crippen LogP contribution in [0.2, 0.25) is 0 Å². The van der Waals surface area contributed by atoms with Gasteiger partial charge in [-0.1, -0.05) is 0 Å². The molecule has 2 aliphatic rings. The van der Waals surface area contributed by atoms with Crippen molar-refractivity contribution in [1.82, 2.24) is 5.32 Å². The second-order valence-electron chi connectivity index (χ2n) is 6.63. The fourth-order valence-corrected chi connectivity index (χ4v) is 3.41. The third kappa shape index (κ3) is 5.30. The lowest BCUT2D eigenvalue weighted by Crippen LogP contribution is -2.54. The van der Waals surface area contributed by atoms with Crippen molar-refractivity contribution >= 4 is 29.9 Å². The van der Waals surface area contributed by atoms with Crippen LogP contribution in [0.25, 0.3) is 0 Å². The van der Waals surface area contributed by atoms with Gasteiger partial charge in [0.15, 0.2) is 0 Å². The van der Waals surface area contributed by atoms with Crippen LogP contribution in [-0.4, -0.2) is 49.8 Å². The number of benzene rings is 1. The van der Waals surface area contributed by atoms with E-state index in [9.17, 15) is 18.4 Å². The predicted octanol–water partition coefficient (Wildman–Crippen LogP) is 1.83. The van der Waals surface area contributed by atoms with E-state index in [1.165, 1.54) is 12.1 Å². The highest BCUT2D eigenvalue weighted by molar-refractivity contribution is 6.00. The van der Waals surface area contributed by atoms with Gasteiger partial charge < -0.3 is 25.4 Å². The van der Waals surface area contributed by atoms with Gasteiger partial charge in [0, 0.05) is 18.8 Å². The molecule has 0 radical (unpaired) electrons. The quantitative estimate of drug-likeness (QED) is 0.733. The summed E-state index contributed by atoms with van der Waals surface area (Å²) in [6.07, 6.45) is 1.88. The number of hydrogen-bond acceptors (Lipinski definition) is 5. The highest BCUT2D eigenvalue weighted by atomic mass is 35.5. The first-order chi connectivity index (χ1) is 13.0. The van der Waals surface area contributed by atoms with Gasteiger partial charge in [-0.3, -0.25) is 9.59 Å².